The predicted molar refractivity (Wildman–Crippen MR) is 97.7 cm³/mol. The van der Waals surface area contributed by atoms with Crippen LogP contribution in [0.3, 0.4) is 0 Å². The van der Waals surface area contributed by atoms with Crippen molar-refractivity contribution < 1.29 is 19.0 Å². The molecular weight excluding hydrogens is 342 g/mol. The summed E-state index contributed by atoms with van der Waals surface area (Å²) in [5.41, 5.74) is 1.96. The van der Waals surface area contributed by atoms with Crippen LogP contribution in [0.15, 0.2) is 36.4 Å². The summed E-state index contributed by atoms with van der Waals surface area (Å²) in [5.74, 6) is 1.53. The summed E-state index contributed by atoms with van der Waals surface area (Å²) in [4.78, 5) is 12.0. The van der Waals surface area contributed by atoms with Crippen LogP contribution in [-0.4, -0.2) is 26.7 Å². The van der Waals surface area contributed by atoms with Crippen LogP contribution in [0.2, 0.25) is 5.02 Å². The zero-order valence-electron chi connectivity index (χ0n) is 14.6. The Kier molecular flexibility index (Phi) is 6.95. The van der Waals surface area contributed by atoms with Crippen LogP contribution in [0.1, 0.15) is 18.1 Å². The molecule has 6 heteroatoms. The van der Waals surface area contributed by atoms with Crippen LogP contribution in [-0.2, 0) is 17.8 Å². The largest absolute Gasteiger partial charge is 0.493 e. The monoisotopic (exact) mass is 363 g/mol. The summed E-state index contributed by atoms with van der Waals surface area (Å²) < 4.78 is 15.9. The van der Waals surface area contributed by atoms with Crippen molar-refractivity contribution in [1.82, 2.24) is 5.32 Å². The number of nitrogens with one attached hydrogen (secondary N) is 1. The second-order valence-corrected chi connectivity index (χ2v) is 5.77. The molecule has 134 valence electrons. The van der Waals surface area contributed by atoms with E-state index in [9.17, 15) is 4.79 Å². The van der Waals surface area contributed by atoms with Gasteiger partial charge in [0.1, 0.15) is 5.75 Å². The Hall–Kier alpha value is -2.40. The number of ether oxygens (including phenoxy) is 3. The Morgan fingerprint density at radius 3 is 2.32 bits per heavy atom. The van der Waals surface area contributed by atoms with Gasteiger partial charge in [0.15, 0.2) is 18.1 Å². The molecule has 0 heterocycles. The number of methoxy groups -OCH3 is 2. The number of aryl methyl sites for hydroxylation is 1. The number of benzene rings is 2. The first-order valence-electron chi connectivity index (χ1n) is 7.96. The molecule has 2 rings (SSSR count). The maximum Gasteiger partial charge on any atom is 0.258 e. The van der Waals surface area contributed by atoms with Crippen molar-refractivity contribution in [2.24, 2.45) is 0 Å². The molecule has 0 aliphatic heterocycles. The smallest absolute Gasteiger partial charge is 0.258 e. The van der Waals surface area contributed by atoms with Gasteiger partial charge in [-0.3, -0.25) is 4.79 Å². The lowest BCUT2D eigenvalue weighted by Crippen LogP contribution is -2.28. The Balaban J connectivity index is 1.89. The van der Waals surface area contributed by atoms with Crippen LogP contribution in [0.5, 0.6) is 17.2 Å². The van der Waals surface area contributed by atoms with E-state index in [1.807, 2.05) is 24.3 Å². The summed E-state index contributed by atoms with van der Waals surface area (Å²) in [6.45, 7) is 2.30. The van der Waals surface area contributed by atoms with E-state index in [1.54, 1.807) is 26.4 Å². The van der Waals surface area contributed by atoms with Crippen molar-refractivity contribution in [3.05, 3.63) is 52.5 Å². The maximum atomic E-state index is 12.0. The molecule has 0 saturated carbocycles. The first kappa shape index (κ1) is 18.9. The molecule has 1 N–H and O–H groups in total. The second kappa shape index (κ2) is 9.18. The molecule has 0 aromatic heterocycles. The van der Waals surface area contributed by atoms with Gasteiger partial charge in [-0.15, -0.1) is 0 Å². The molecule has 0 atom stereocenters. The Labute approximate surface area is 152 Å². The normalized spacial score (nSPS) is 10.2. The van der Waals surface area contributed by atoms with E-state index in [-0.39, 0.29) is 19.1 Å². The third-order valence-corrected chi connectivity index (χ3v) is 4.08. The molecule has 0 unspecified atom stereocenters. The fourth-order valence-corrected chi connectivity index (χ4v) is 2.47. The third-order valence-electron chi connectivity index (χ3n) is 3.73. The molecule has 0 fully saturated rings. The number of rotatable bonds is 8. The molecule has 2 aromatic rings. The highest BCUT2D eigenvalue weighted by Crippen LogP contribution is 2.32. The van der Waals surface area contributed by atoms with E-state index in [2.05, 4.69) is 12.2 Å². The van der Waals surface area contributed by atoms with Gasteiger partial charge in [-0.1, -0.05) is 30.7 Å². The van der Waals surface area contributed by atoms with Crippen LogP contribution in [0.4, 0.5) is 0 Å². The van der Waals surface area contributed by atoms with E-state index < -0.39 is 0 Å². The predicted octanol–water partition coefficient (Wildman–Crippen LogP) is 3.61. The van der Waals surface area contributed by atoms with Crippen molar-refractivity contribution in [2.45, 2.75) is 19.9 Å². The van der Waals surface area contributed by atoms with E-state index >= 15 is 0 Å². The molecule has 0 radical (unpaired) electrons. The van der Waals surface area contributed by atoms with Crippen molar-refractivity contribution in [2.75, 3.05) is 20.8 Å². The quantitative estimate of drug-likeness (QED) is 0.778. The van der Waals surface area contributed by atoms with Gasteiger partial charge < -0.3 is 19.5 Å². The minimum absolute atomic E-state index is 0.0591. The molecule has 0 aliphatic rings. The highest BCUT2D eigenvalue weighted by molar-refractivity contribution is 6.31. The Bertz CT molecular complexity index is 716. The average molecular weight is 364 g/mol. The minimum Gasteiger partial charge on any atom is -0.493 e. The van der Waals surface area contributed by atoms with Crippen molar-refractivity contribution in [1.29, 1.82) is 0 Å². The number of carbonyl (C=O) groups excluding carboxylic acids is 1. The van der Waals surface area contributed by atoms with E-state index in [4.69, 9.17) is 25.8 Å². The summed E-state index contributed by atoms with van der Waals surface area (Å²) in [5, 5.41) is 3.27. The summed E-state index contributed by atoms with van der Waals surface area (Å²) in [7, 11) is 3.09. The fraction of sp³-hybridized carbons (Fsp3) is 0.316. The SMILES string of the molecule is CCc1ccc(OCC(=O)NCc2cc(OC)c(OC)cc2Cl)cc1. The molecular formula is C19H22ClNO4. The zero-order chi connectivity index (χ0) is 18.2. The van der Waals surface area contributed by atoms with Crippen molar-refractivity contribution >= 4 is 17.5 Å². The molecule has 2 aromatic carbocycles. The number of halogens is 1. The second-order valence-electron chi connectivity index (χ2n) is 5.36. The Morgan fingerprint density at radius 1 is 1.08 bits per heavy atom. The molecule has 0 bridgehead atoms. The van der Waals surface area contributed by atoms with E-state index in [0.29, 0.717) is 22.3 Å². The van der Waals surface area contributed by atoms with Crippen LogP contribution < -0.4 is 19.5 Å². The van der Waals surface area contributed by atoms with Gasteiger partial charge in [0.2, 0.25) is 0 Å². The summed E-state index contributed by atoms with van der Waals surface area (Å²) in [6, 6.07) is 11.1. The molecule has 1 amide bonds. The van der Waals surface area contributed by atoms with Crippen LogP contribution >= 0.6 is 11.6 Å². The average Bonchev–Trinajstić information content (AvgIpc) is 2.65. The van der Waals surface area contributed by atoms with Gasteiger partial charge in [0.25, 0.3) is 5.91 Å². The summed E-state index contributed by atoms with van der Waals surface area (Å²) >= 11 is 6.20. The van der Waals surface area contributed by atoms with Gasteiger partial charge >= 0.3 is 0 Å². The number of hydrogen-bond acceptors (Lipinski definition) is 4. The highest BCUT2D eigenvalue weighted by Gasteiger charge is 2.11. The lowest BCUT2D eigenvalue weighted by molar-refractivity contribution is -0.123. The number of hydrogen-bond donors (Lipinski definition) is 1. The summed E-state index contributed by atoms with van der Waals surface area (Å²) in [6.07, 6.45) is 0.965. The lowest BCUT2D eigenvalue weighted by atomic mass is 10.2. The van der Waals surface area contributed by atoms with E-state index in [1.165, 1.54) is 5.56 Å². The number of amides is 1. The van der Waals surface area contributed by atoms with Gasteiger partial charge in [0.05, 0.1) is 14.2 Å². The van der Waals surface area contributed by atoms with Gasteiger partial charge in [-0.2, -0.15) is 0 Å². The number of carbonyl (C=O) groups is 1. The molecule has 0 spiro atoms. The molecule has 0 aliphatic carbocycles. The fourth-order valence-electron chi connectivity index (χ4n) is 2.25. The van der Waals surface area contributed by atoms with Crippen LogP contribution in [0.25, 0.3) is 0 Å². The molecule has 25 heavy (non-hydrogen) atoms. The topological polar surface area (TPSA) is 56.8 Å². The van der Waals surface area contributed by atoms with Crippen molar-refractivity contribution in [3.8, 4) is 17.2 Å². The first-order valence-corrected chi connectivity index (χ1v) is 8.34. The van der Waals surface area contributed by atoms with Gasteiger partial charge in [-0.25, -0.2) is 0 Å². The van der Waals surface area contributed by atoms with Gasteiger partial charge in [-0.05, 0) is 35.7 Å². The van der Waals surface area contributed by atoms with Crippen molar-refractivity contribution in [3.63, 3.8) is 0 Å². The lowest BCUT2D eigenvalue weighted by Gasteiger charge is -2.12. The van der Waals surface area contributed by atoms with E-state index in [0.717, 1.165) is 12.0 Å². The molecule has 5 nitrogen and oxygen atoms in total. The maximum absolute atomic E-state index is 12.0. The first-order chi connectivity index (χ1) is 12.1. The zero-order valence-corrected chi connectivity index (χ0v) is 15.4. The third kappa shape index (κ3) is 5.29. The molecule has 0 saturated heterocycles. The highest BCUT2D eigenvalue weighted by atomic mass is 35.5. The Morgan fingerprint density at radius 2 is 1.72 bits per heavy atom. The standard InChI is InChI=1S/C19H22ClNO4/c1-4-13-5-7-15(8-6-13)25-12-19(22)21-11-14-9-17(23-2)18(24-3)10-16(14)20/h5-10H,4,11-12H2,1-3H3,(H,21,22). The minimum atomic E-state index is -0.231. The van der Waals surface area contributed by atoms with Crippen LogP contribution in [0, 0.1) is 0 Å². The van der Waals surface area contributed by atoms with Gasteiger partial charge in [0, 0.05) is 17.6 Å².